The van der Waals surface area contributed by atoms with E-state index in [-0.39, 0.29) is 29.5 Å². The molecule has 2 heterocycles. The molecule has 0 spiro atoms. The van der Waals surface area contributed by atoms with Gasteiger partial charge in [0.1, 0.15) is 35.2 Å². The molecule has 34 heavy (non-hydrogen) atoms. The van der Waals surface area contributed by atoms with Crippen molar-refractivity contribution >= 4 is 23.5 Å². The minimum Gasteiger partial charge on any atom is -0.447 e. The van der Waals surface area contributed by atoms with E-state index in [2.05, 4.69) is 14.7 Å². The van der Waals surface area contributed by atoms with E-state index >= 15 is 0 Å². The Labute approximate surface area is 201 Å². The number of aromatic nitrogens is 2. The van der Waals surface area contributed by atoms with Gasteiger partial charge in [-0.05, 0) is 51.3 Å². The van der Waals surface area contributed by atoms with Crippen LogP contribution in [0.25, 0.3) is 0 Å². The van der Waals surface area contributed by atoms with E-state index in [1.165, 1.54) is 23.1 Å². The third-order valence-corrected chi connectivity index (χ3v) is 5.33. The van der Waals surface area contributed by atoms with Gasteiger partial charge in [0.2, 0.25) is 0 Å². The van der Waals surface area contributed by atoms with Gasteiger partial charge in [-0.3, -0.25) is 4.90 Å². The van der Waals surface area contributed by atoms with E-state index in [9.17, 15) is 18.0 Å². The summed E-state index contributed by atoms with van der Waals surface area (Å²) in [5, 5.41) is 0.156. The molecule has 1 amide bonds. The fourth-order valence-corrected chi connectivity index (χ4v) is 3.93. The molecule has 0 unspecified atom stereocenters. The van der Waals surface area contributed by atoms with Crippen LogP contribution in [0.1, 0.15) is 51.9 Å². The first-order valence-electron chi connectivity index (χ1n) is 10.7. The molecule has 3 rings (SSSR count). The lowest BCUT2D eigenvalue weighted by atomic mass is 9.97. The molecule has 1 aromatic heterocycles. The van der Waals surface area contributed by atoms with E-state index in [1.54, 1.807) is 12.1 Å². The lowest BCUT2D eigenvalue weighted by Crippen LogP contribution is -2.45. The fraction of sp³-hybridized carbons (Fsp3) is 0.522. The average Bonchev–Trinajstić information content (AvgIpc) is 3.07. The van der Waals surface area contributed by atoms with Crippen LogP contribution < -0.4 is 9.64 Å². The van der Waals surface area contributed by atoms with Crippen molar-refractivity contribution in [2.75, 3.05) is 11.5 Å². The van der Waals surface area contributed by atoms with E-state index < -0.39 is 24.1 Å². The third-order valence-electron chi connectivity index (χ3n) is 5.13. The van der Waals surface area contributed by atoms with Crippen molar-refractivity contribution in [3.63, 3.8) is 0 Å². The van der Waals surface area contributed by atoms with Crippen molar-refractivity contribution in [3.05, 3.63) is 46.9 Å². The van der Waals surface area contributed by atoms with Crippen molar-refractivity contribution in [1.29, 1.82) is 0 Å². The molecular formula is C23H27ClF3N3O4. The number of benzene rings is 1. The van der Waals surface area contributed by atoms with Crippen LogP contribution >= 0.6 is 11.6 Å². The first kappa shape index (κ1) is 26.0. The molecule has 0 saturated carbocycles. The lowest BCUT2D eigenvalue weighted by molar-refractivity contribution is -0.274. The Morgan fingerprint density at radius 3 is 2.41 bits per heavy atom. The second kappa shape index (κ2) is 9.95. The van der Waals surface area contributed by atoms with Crippen LogP contribution in [0.15, 0.2) is 30.3 Å². The van der Waals surface area contributed by atoms with Crippen molar-refractivity contribution in [1.82, 2.24) is 9.97 Å². The Morgan fingerprint density at radius 1 is 1.18 bits per heavy atom. The summed E-state index contributed by atoms with van der Waals surface area (Å²) >= 11 is 6.24. The summed E-state index contributed by atoms with van der Waals surface area (Å²) < 4.78 is 52.3. The summed E-state index contributed by atoms with van der Waals surface area (Å²) in [6, 6.07) is 6.70. The summed E-state index contributed by atoms with van der Waals surface area (Å²) in [7, 11) is 0. The molecule has 7 nitrogen and oxygen atoms in total. The molecule has 11 heteroatoms. The van der Waals surface area contributed by atoms with Crippen LogP contribution in [0, 0.1) is 0 Å². The zero-order chi connectivity index (χ0) is 25.3. The van der Waals surface area contributed by atoms with Gasteiger partial charge in [-0.15, -0.1) is 13.2 Å². The summed E-state index contributed by atoms with van der Waals surface area (Å²) in [5.74, 6) is 0.243. The van der Waals surface area contributed by atoms with Gasteiger partial charge in [0.05, 0.1) is 11.7 Å². The van der Waals surface area contributed by atoms with Crippen molar-refractivity contribution in [2.24, 2.45) is 0 Å². The Morgan fingerprint density at radius 2 is 1.82 bits per heavy atom. The van der Waals surface area contributed by atoms with Crippen LogP contribution in [-0.2, 0) is 15.9 Å². The summed E-state index contributed by atoms with van der Waals surface area (Å²) in [4.78, 5) is 22.7. The summed E-state index contributed by atoms with van der Waals surface area (Å²) in [6.45, 7) is 9.67. The van der Waals surface area contributed by atoms with Gasteiger partial charge in [0.15, 0.2) is 0 Å². The maximum absolute atomic E-state index is 12.5. The van der Waals surface area contributed by atoms with Crippen LogP contribution in [-0.4, -0.2) is 46.8 Å². The van der Waals surface area contributed by atoms with Gasteiger partial charge in [0, 0.05) is 12.5 Å². The van der Waals surface area contributed by atoms with E-state index in [0.29, 0.717) is 18.1 Å². The Bertz CT molecular complexity index is 1010. The molecule has 1 fully saturated rings. The monoisotopic (exact) mass is 501 g/mol. The van der Waals surface area contributed by atoms with E-state index in [0.717, 1.165) is 5.56 Å². The molecule has 1 aliphatic heterocycles. The Hall–Kier alpha value is -2.59. The van der Waals surface area contributed by atoms with E-state index in [4.69, 9.17) is 21.1 Å². The van der Waals surface area contributed by atoms with Crippen LogP contribution in [0.5, 0.6) is 5.75 Å². The number of hydrogen-bond acceptors (Lipinski definition) is 6. The second-order valence-corrected chi connectivity index (χ2v) is 9.52. The van der Waals surface area contributed by atoms with Gasteiger partial charge in [-0.2, -0.15) is 0 Å². The summed E-state index contributed by atoms with van der Waals surface area (Å²) in [5.41, 5.74) is 0.353. The average molecular weight is 502 g/mol. The number of anilines is 1. The van der Waals surface area contributed by atoms with Gasteiger partial charge in [-0.25, -0.2) is 14.8 Å². The summed E-state index contributed by atoms with van der Waals surface area (Å²) in [6.07, 6.45) is -5.29. The molecule has 1 aromatic carbocycles. The molecule has 1 aliphatic rings. The van der Waals surface area contributed by atoms with Gasteiger partial charge >= 0.3 is 12.5 Å². The number of ether oxygens (including phenoxy) is 3. The van der Waals surface area contributed by atoms with Crippen LogP contribution in [0.4, 0.5) is 23.8 Å². The van der Waals surface area contributed by atoms with Crippen molar-refractivity contribution < 1.29 is 32.2 Å². The number of cyclic esters (lactones) is 1. The van der Waals surface area contributed by atoms with Crippen molar-refractivity contribution in [2.45, 2.75) is 71.1 Å². The molecule has 186 valence electrons. The first-order valence-corrected chi connectivity index (χ1v) is 11.1. The Kier molecular flexibility index (Phi) is 7.62. The molecule has 2 aromatic rings. The number of hydrogen-bond donors (Lipinski definition) is 0. The number of halogens is 4. The number of alkyl halides is 3. The quantitative estimate of drug-likeness (QED) is 0.439. The van der Waals surface area contributed by atoms with Gasteiger partial charge < -0.3 is 14.2 Å². The predicted octanol–water partition coefficient (Wildman–Crippen LogP) is 5.90. The highest BCUT2D eigenvalue weighted by Crippen LogP contribution is 2.30. The van der Waals surface area contributed by atoms with Gasteiger partial charge in [-0.1, -0.05) is 30.7 Å². The standard InChI is InChI=1S/C23H27ClF3N3O4/c1-13(15-6-8-16(9-7-15)34-23(25,26)27)10-19-28-18(24)11-20(29-19)30-17(12-32-21(30)31)14(2)33-22(3,4)5/h6-9,11,13-14,17H,10,12H2,1-5H3/t13-,14-,17-/m1/s1. The molecule has 0 aliphatic carbocycles. The molecule has 0 bridgehead atoms. The van der Waals surface area contributed by atoms with Gasteiger partial charge in [0.25, 0.3) is 0 Å². The maximum atomic E-state index is 12.5. The largest absolute Gasteiger partial charge is 0.573 e. The zero-order valence-corrected chi connectivity index (χ0v) is 20.3. The topological polar surface area (TPSA) is 73.8 Å². The third kappa shape index (κ3) is 6.96. The van der Waals surface area contributed by atoms with Crippen molar-refractivity contribution in [3.8, 4) is 5.75 Å². The lowest BCUT2D eigenvalue weighted by Gasteiger charge is -2.31. The number of rotatable bonds is 7. The molecular weight excluding hydrogens is 475 g/mol. The number of nitrogens with zero attached hydrogens (tertiary/aromatic N) is 3. The maximum Gasteiger partial charge on any atom is 0.573 e. The smallest absolute Gasteiger partial charge is 0.447 e. The molecule has 0 N–H and O–H groups in total. The number of amides is 1. The predicted molar refractivity (Wildman–Crippen MR) is 120 cm³/mol. The zero-order valence-electron chi connectivity index (χ0n) is 19.5. The second-order valence-electron chi connectivity index (χ2n) is 9.14. The minimum atomic E-state index is -4.75. The number of carbonyl (C=O) groups excluding carboxylic acids is 1. The first-order chi connectivity index (χ1) is 15.7. The normalized spacial score (nSPS) is 18.6. The Balaban J connectivity index is 1.78. The molecule has 0 radical (unpaired) electrons. The highest BCUT2D eigenvalue weighted by Gasteiger charge is 2.40. The van der Waals surface area contributed by atoms with E-state index in [1.807, 2.05) is 34.6 Å². The SMILES string of the molecule is C[C@H](Cc1nc(Cl)cc(N2C(=O)OC[C@@H]2[C@@H](C)OC(C)(C)C)n1)c1ccc(OC(F)(F)F)cc1. The highest BCUT2D eigenvalue weighted by atomic mass is 35.5. The minimum absolute atomic E-state index is 0.143. The number of carbonyl (C=O) groups is 1. The van der Waals surface area contributed by atoms with Crippen LogP contribution in [0.3, 0.4) is 0 Å². The van der Waals surface area contributed by atoms with Crippen LogP contribution in [0.2, 0.25) is 5.15 Å². The fourth-order valence-electron chi connectivity index (χ4n) is 3.74. The molecule has 3 atom stereocenters. The highest BCUT2D eigenvalue weighted by molar-refractivity contribution is 6.29. The molecule has 1 saturated heterocycles.